The maximum atomic E-state index is 12.5. The van der Waals surface area contributed by atoms with Crippen LogP contribution in [0.4, 0.5) is 0 Å². The van der Waals surface area contributed by atoms with E-state index in [1.165, 1.54) is 32.1 Å². The molecule has 0 atom stereocenters. The summed E-state index contributed by atoms with van der Waals surface area (Å²) in [7, 11) is 0. The van der Waals surface area contributed by atoms with E-state index in [0.717, 1.165) is 18.3 Å². The SMILES string of the molecule is CC.CCC(C)(C)C(=O)OC1(C)C2CC3CC(C2)CC1C3. The van der Waals surface area contributed by atoms with Crippen LogP contribution in [0.5, 0.6) is 0 Å². The van der Waals surface area contributed by atoms with Gasteiger partial charge in [0.2, 0.25) is 0 Å². The van der Waals surface area contributed by atoms with Gasteiger partial charge in [-0.1, -0.05) is 20.8 Å². The van der Waals surface area contributed by atoms with Gasteiger partial charge in [0.1, 0.15) is 5.60 Å². The third kappa shape index (κ3) is 2.87. The van der Waals surface area contributed by atoms with E-state index in [1.54, 1.807) is 0 Å². The predicted molar refractivity (Wildman–Crippen MR) is 87.0 cm³/mol. The van der Waals surface area contributed by atoms with Crippen LogP contribution in [0.25, 0.3) is 0 Å². The van der Waals surface area contributed by atoms with Crippen molar-refractivity contribution in [2.75, 3.05) is 0 Å². The topological polar surface area (TPSA) is 26.3 Å². The van der Waals surface area contributed by atoms with Crippen molar-refractivity contribution in [3.63, 3.8) is 0 Å². The monoisotopic (exact) mass is 294 g/mol. The van der Waals surface area contributed by atoms with Crippen LogP contribution >= 0.6 is 0 Å². The average Bonchev–Trinajstić information content (AvgIpc) is 2.46. The molecule has 0 aliphatic heterocycles. The summed E-state index contributed by atoms with van der Waals surface area (Å²) in [5.74, 6) is 3.12. The highest BCUT2D eigenvalue weighted by Gasteiger charge is 2.57. The molecule has 0 radical (unpaired) electrons. The van der Waals surface area contributed by atoms with E-state index in [1.807, 2.05) is 27.7 Å². The van der Waals surface area contributed by atoms with Crippen LogP contribution in [0.2, 0.25) is 0 Å². The Balaban J connectivity index is 0.000000774. The van der Waals surface area contributed by atoms with Crippen LogP contribution < -0.4 is 0 Å². The van der Waals surface area contributed by atoms with Crippen molar-refractivity contribution in [3.8, 4) is 0 Å². The van der Waals surface area contributed by atoms with Crippen molar-refractivity contribution in [3.05, 3.63) is 0 Å². The van der Waals surface area contributed by atoms with E-state index in [9.17, 15) is 4.79 Å². The predicted octanol–water partition coefficient (Wildman–Crippen LogP) is 5.21. The number of hydrogen-bond acceptors (Lipinski definition) is 2. The molecule has 122 valence electrons. The zero-order chi connectivity index (χ0) is 15.8. The fourth-order valence-corrected chi connectivity index (χ4v) is 4.77. The summed E-state index contributed by atoms with van der Waals surface area (Å²) in [6.07, 6.45) is 7.47. The summed E-state index contributed by atoms with van der Waals surface area (Å²) in [5.41, 5.74) is -0.505. The van der Waals surface area contributed by atoms with Crippen molar-refractivity contribution in [2.24, 2.45) is 29.1 Å². The van der Waals surface area contributed by atoms with Gasteiger partial charge in [-0.25, -0.2) is 0 Å². The molecule has 0 heterocycles. The highest BCUT2D eigenvalue weighted by atomic mass is 16.6. The molecule has 0 aromatic rings. The molecular formula is C19H34O2. The largest absolute Gasteiger partial charge is 0.458 e. The van der Waals surface area contributed by atoms with Gasteiger partial charge in [-0.2, -0.15) is 0 Å². The Labute approximate surface area is 131 Å². The molecule has 0 saturated heterocycles. The highest BCUT2D eigenvalue weighted by Crippen LogP contribution is 2.59. The summed E-state index contributed by atoms with van der Waals surface area (Å²) < 4.78 is 6.13. The number of ether oxygens (including phenoxy) is 1. The zero-order valence-corrected chi connectivity index (χ0v) is 14.9. The first-order valence-corrected chi connectivity index (χ1v) is 9.08. The minimum atomic E-state index is -0.336. The van der Waals surface area contributed by atoms with Gasteiger partial charge in [0.05, 0.1) is 5.41 Å². The lowest BCUT2D eigenvalue weighted by molar-refractivity contribution is -0.211. The molecule has 0 spiro atoms. The molecule has 2 nitrogen and oxygen atoms in total. The molecule has 4 bridgehead atoms. The van der Waals surface area contributed by atoms with Gasteiger partial charge < -0.3 is 4.74 Å². The first kappa shape index (κ1) is 16.8. The van der Waals surface area contributed by atoms with Gasteiger partial charge >= 0.3 is 5.97 Å². The van der Waals surface area contributed by atoms with E-state index in [4.69, 9.17) is 4.74 Å². The van der Waals surface area contributed by atoms with Crippen molar-refractivity contribution in [2.45, 2.75) is 85.7 Å². The first-order chi connectivity index (χ1) is 9.85. The van der Waals surface area contributed by atoms with Crippen molar-refractivity contribution in [1.29, 1.82) is 0 Å². The lowest BCUT2D eigenvalue weighted by Gasteiger charge is -2.59. The molecule has 4 rings (SSSR count). The zero-order valence-electron chi connectivity index (χ0n) is 14.9. The molecule has 21 heavy (non-hydrogen) atoms. The Bertz CT molecular complexity index is 355. The number of hydrogen-bond donors (Lipinski definition) is 0. The molecule has 0 aromatic heterocycles. The number of carbonyl (C=O) groups is 1. The molecule has 2 heteroatoms. The van der Waals surface area contributed by atoms with Crippen LogP contribution in [0, 0.1) is 29.1 Å². The summed E-state index contributed by atoms with van der Waals surface area (Å²) in [5, 5.41) is 0. The fourth-order valence-electron chi connectivity index (χ4n) is 4.77. The molecule has 0 amide bonds. The van der Waals surface area contributed by atoms with Gasteiger partial charge in [-0.05, 0) is 83.0 Å². The van der Waals surface area contributed by atoms with Crippen LogP contribution in [0.1, 0.15) is 80.1 Å². The summed E-state index contributed by atoms with van der Waals surface area (Å²) in [6, 6.07) is 0. The van der Waals surface area contributed by atoms with Crippen LogP contribution in [-0.4, -0.2) is 11.6 Å². The second-order valence-electron chi connectivity index (χ2n) is 8.12. The van der Waals surface area contributed by atoms with Crippen LogP contribution in [0.15, 0.2) is 0 Å². The van der Waals surface area contributed by atoms with Gasteiger partial charge in [-0.3, -0.25) is 4.79 Å². The Kier molecular flexibility index (Phi) is 4.75. The molecule has 0 N–H and O–H groups in total. The molecule has 4 aliphatic carbocycles. The molecule has 0 unspecified atom stereocenters. The Morgan fingerprint density at radius 3 is 1.86 bits per heavy atom. The van der Waals surface area contributed by atoms with E-state index in [0.29, 0.717) is 11.8 Å². The maximum absolute atomic E-state index is 12.5. The van der Waals surface area contributed by atoms with Crippen LogP contribution in [0.3, 0.4) is 0 Å². The van der Waals surface area contributed by atoms with Crippen molar-refractivity contribution >= 4 is 5.97 Å². The molecule has 0 aromatic carbocycles. The molecular weight excluding hydrogens is 260 g/mol. The summed E-state index contributed by atoms with van der Waals surface area (Å²) >= 11 is 0. The third-order valence-corrected chi connectivity index (χ3v) is 6.51. The number of carbonyl (C=O) groups excluding carboxylic acids is 1. The minimum absolute atomic E-state index is 0.0185. The van der Waals surface area contributed by atoms with E-state index >= 15 is 0 Å². The standard InChI is InChI=1S/C17H28O2.C2H6/c1-5-16(2,3)15(18)19-17(4)13-7-11-6-12(9-13)10-14(17)8-11;1-2/h11-14H,5-10H2,1-4H3;1-2H3. The van der Waals surface area contributed by atoms with Gasteiger partial charge in [0, 0.05) is 0 Å². The quantitative estimate of drug-likeness (QED) is 0.668. The second-order valence-corrected chi connectivity index (χ2v) is 8.12. The maximum Gasteiger partial charge on any atom is 0.312 e. The Morgan fingerprint density at radius 2 is 1.48 bits per heavy atom. The smallest absolute Gasteiger partial charge is 0.312 e. The second kappa shape index (κ2) is 5.93. The van der Waals surface area contributed by atoms with Gasteiger partial charge in [0.25, 0.3) is 0 Å². The summed E-state index contributed by atoms with van der Waals surface area (Å²) in [4.78, 5) is 12.5. The normalized spacial score (nSPS) is 40.5. The van der Waals surface area contributed by atoms with Gasteiger partial charge in [-0.15, -0.1) is 0 Å². The van der Waals surface area contributed by atoms with E-state index < -0.39 is 0 Å². The molecule has 4 aliphatic rings. The average molecular weight is 294 g/mol. The lowest BCUT2D eigenvalue weighted by Crippen LogP contribution is -2.58. The lowest BCUT2D eigenvalue weighted by atomic mass is 9.50. The van der Waals surface area contributed by atoms with E-state index in [2.05, 4.69) is 13.8 Å². The summed E-state index contributed by atoms with van der Waals surface area (Å²) in [6.45, 7) is 12.3. The first-order valence-electron chi connectivity index (χ1n) is 9.08. The number of rotatable bonds is 3. The third-order valence-electron chi connectivity index (χ3n) is 6.51. The molecule has 4 saturated carbocycles. The van der Waals surface area contributed by atoms with Gasteiger partial charge in [0.15, 0.2) is 0 Å². The Hall–Kier alpha value is -0.530. The highest BCUT2D eigenvalue weighted by molar-refractivity contribution is 5.76. The fraction of sp³-hybridized carbons (Fsp3) is 0.947. The minimum Gasteiger partial charge on any atom is -0.458 e. The van der Waals surface area contributed by atoms with Crippen molar-refractivity contribution < 1.29 is 9.53 Å². The number of esters is 1. The van der Waals surface area contributed by atoms with E-state index in [-0.39, 0.29) is 17.0 Å². The molecule has 4 fully saturated rings. The Morgan fingerprint density at radius 1 is 1.05 bits per heavy atom. The van der Waals surface area contributed by atoms with Crippen LogP contribution in [-0.2, 0) is 9.53 Å². The van der Waals surface area contributed by atoms with Crippen molar-refractivity contribution in [1.82, 2.24) is 0 Å².